The fourth-order valence-electron chi connectivity index (χ4n) is 2.60. The lowest BCUT2D eigenvalue weighted by molar-refractivity contribution is -0.118. The van der Waals surface area contributed by atoms with Crippen LogP contribution in [0.15, 0.2) is 52.8 Å². The van der Waals surface area contributed by atoms with E-state index in [1.807, 2.05) is 20.8 Å². The molecule has 0 aromatic carbocycles. The van der Waals surface area contributed by atoms with Crippen LogP contribution in [0.3, 0.4) is 0 Å². The Morgan fingerprint density at radius 3 is 2.72 bits per heavy atom. The quantitative estimate of drug-likeness (QED) is 0.502. The van der Waals surface area contributed by atoms with Crippen molar-refractivity contribution in [2.75, 3.05) is 10.6 Å². The smallest absolute Gasteiger partial charge is 0.262 e. The lowest BCUT2D eigenvalue weighted by atomic mass is 10.1. The number of allylic oxidation sites excluding steroid dienone is 1. The Morgan fingerprint density at radius 2 is 2.14 bits per heavy atom. The minimum Gasteiger partial charge on any atom is -0.402 e. The molecule has 6 N–H and O–H groups in total. The maximum absolute atomic E-state index is 13.0. The average molecular weight is 397 g/mol. The highest BCUT2D eigenvalue weighted by molar-refractivity contribution is 5.93. The Kier molecular flexibility index (Phi) is 6.76. The van der Waals surface area contributed by atoms with Gasteiger partial charge in [-0.05, 0) is 38.3 Å². The molecule has 29 heavy (non-hydrogen) atoms. The number of hydrogen-bond acceptors (Lipinski definition) is 7. The number of hydrogen-bond donors (Lipinski definition) is 4. The van der Waals surface area contributed by atoms with Crippen molar-refractivity contribution >= 4 is 34.5 Å². The van der Waals surface area contributed by atoms with Gasteiger partial charge < -0.3 is 26.7 Å². The summed E-state index contributed by atoms with van der Waals surface area (Å²) in [5, 5.41) is 7.40. The number of carbonyl (C=O) groups is 1. The summed E-state index contributed by atoms with van der Waals surface area (Å²) in [6.07, 6.45) is 6.05. The molecule has 0 radical (unpaired) electrons. The molecular formula is C20H27N7O2. The average Bonchev–Trinajstić information content (AvgIpc) is 2.62. The Bertz CT molecular complexity index is 1030. The van der Waals surface area contributed by atoms with Gasteiger partial charge in [-0.15, -0.1) is 0 Å². The highest BCUT2D eigenvalue weighted by Crippen LogP contribution is 2.25. The van der Waals surface area contributed by atoms with E-state index in [-0.39, 0.29) is 24.1 Å². The molecule has 0 spiro atoms. The molecule has 2 heterocycles. The van der Waals surface area contributed by atoms with Crippen molar-refractivity contribution in [1.29, 1.82) is 0 Å². The number of nitrogens with zero attached hydrogens (tertiary/aromatic N) is 3. The SMILES string of the molecule is C=CC=N/C(=C\N)Nc1cc2ccn(CCC(N)=O)c(=O)c2c(NC(C)(C)C)n1. The Labute approximate surface area is 169 Å². The number of aliphatic imine (C=N–C) groups is 1. The minimum absolute atomic E-state index is 0.0759. The van der Waals surface area contributed by atoms with Gasteiger partial charge in [-0.3, -0.25) is 9.59 Å². The summed E-state index contributed by atoms with van der Waals surface area (Å²) in [5.41, 5.74) is 10.2. The van der Waals surface area contributed by atoms with E-state index in [4.69, 9.17) is 11.5 Å². The molecule has 2 rings (SSSR count). The number of nitrogens with two attached hydrogens (primary N) is 2. The molecule has 1 amide bonds. The molecule has 0 aliphatic heterocycles. The molecule has 9 heteroatoms. The van der Waals surface area contributed by atoms with Crippen LogP contribution >= 0.6 is 0 Å². The summed E-state index contributed by atoms with van der Waals surface area (Å²) in [7, 11) is 0. The van der Waals surface area contributed by atoms with Crippen molar-refractivity contribution < 1.29 is 4.79 Å². The highest BCUT2D eigenvalue weighted by Gasteiger charge is 2.17. The predicted octanol–water partition coefficient (Wildman–Crippen LogP) is 1.91. The van der Waals surface area contributed by atoms with Crippen LogP contribution in [0.25, 0.3) is 10.8 Å². The number of carbonyl (C=O) groups excluding carboxylic acids is 1. The summed E-state index contributed by atoms with van der Waals surface area (Å²) in [6.45, 7) is 9.68. The number of primary amides is 1. The summed E-state index contributed by atoms with van der Waals surface area (Å²) in [6, 6.07) is 3.52. The number of aromatic nitrogens is 2. The van der Waals surface area contributed by atoms with Gasteiger partial charge in [0.25, 0.3) is 5.56 Å². The van der Waals surface area contributed by atoms with E-state index in [0.29, 0.717) is 28.2 Å². The van der Waals surface area contributed by atoms with Crippen LogP contribution in [-0.4, -0.2) is 27.2 Å². The van der Waals surface area contributed by atoms with Crippen LogP contribution < -0.4 is 27.7 Å². The molecule has 154 valence electrons. The van der Waals surface area contributed by atoms with E-state index in [1.54, 1.807) is 18.3 Å². The van der Waals surface area contributed by atoms with Gasteiger partial charge in [0.05, 0.1) is 5.39 Å². The standard InChI is InChI=1S/C20H27N7O2/c1-5-8-23-16(12-21)24-15-11-13-6-9-27(10-7-14(22)28)19(29)17(13)18(25-15)26-20(2,3)4/h5-6,8-9,11-12H,1,7,10,21H2,2-4H3,(H2,22,28)(H2,24,25,26)/b16-12+,23-8?. The summed E-state index contributed by atoms with van der Waals surface area (Å²) in [5.74, 6) is 0.800. The first-order valence-corrected chi connectivity index (χ1v) is 9.09. The van der Waals surface area contributed by atoms with Crippen molar-refractivity contribution in [3.05, 3.63) is 53.4 Å². The monoisotopic (exact) mass is 397 g/mol. The number of amides is 1. The fourth-order valence-corrected chi connectivity index (χ4v) is 2.60. The summed E-state index contributed by atoms with van der Waals surface area (Å²) >= 11 is 0. The molecule has 0 unspecified atom stereocenters. The molecule has 0 fully saturated rings. The zero-order valence-electron chi connectivity index (χ0n) is 16.9. The second-order valence-electron chi connectivity index (χ2n) is 7.42. The summed E-state index contributed by atoms with van der Waals surface area (Å²) in [4.78, 5) is 32.8. The Morgan fingerprint density at radius 1 is 1.41 bits per heavy atom. The topological polar surface area (TPSA) is 140 Å². The van der Waals surface area contributed by atoms with Crippen LogP contribution in [0.1, 0.15) is 27.2 Å². The molecule has 2 aromatic rings. The van der Waals surface area contributed by atoms with Crippen molar-refractivity contribution in [2.45, 2.75) is 39.3 Å². The lowest BCUT2D eigenvalue weighted by Crippen LogP contribution is -2.29. The minimum atomic E-state index is -0.469. The molecule has 0 bridgehead atoms. The maximum atomic E-state index is 13.0. The van der Waals surface area contributed by atoms with Crippen molar-refractivity contribution in [2.24, 2.45) is 16.5 Å². The second kappa shape index (κ2) is 9.05. The van der Waals surface area contributed by atoms with Crippen molar-refractivity contribution in [3.63, 3.8) is 0 Å². The number of anilines is 2. The third-order valence-electron chi connectivity index (χ3n) is 3.78. The number of fused-ring (bicyclic) bond motifs is 1. The number of pyridine rings is 2. The van der Waals surface area contributed by atoms with Crippen LogP contribution in [0.2, 0.25) is 0 Å². The molecule has 0 aliphatic rings. The van der Waals surface area contributed by atoms with Crippen LogP contribution in [0.5, 0.6) is 0 Å². The molecule has 9 nitrogen and oxygen atoms in total. The van der Waals surface area contributed by atoms with E-state index in [1.165, 1.54) is 23.1 Å². The van der Waals surface area contributed by atoms with E-state index >= 15 is 0 Å². The van der Waals surface area contributed by atoms with Gasteiger partial charge in [0, 0.05) is 37.1 Å². The van der Waals surface area contributed by atoms with Crippen LogP contribution in [-0.2, 0) is 11.3 Å². The fraction of sp³-hybridized carbons (Fsp3) is 0.300. The van der Waals surface area contributed by atoms with Gasteiger partial charge >= 0.3 is 0 Å². The molecule has 0 aliphatic carbocycles. The van der Waals surface area contributed by atoms with Crippen molar-refractivity contribution in [1.82, 2.24) is 9.55 Å². The number of rotatable bonds is 8. The van der Waals surface area contributed by atoms with E-state index in [0.717, 1.165) is 0 Å². The summed E-state index contributed by atoms with van der Waals surface area (Å²) < 4.78 is 1.45. The second-order valence-corrected chi connectivity index (χ2v) is 7.42. The van der Waals surface area contributed by atoms with E-state index in [9.17, 15) is 9.59 Å². The molecule has 0 atom stereocenters. The molecule has 0 saturated heterocycles. The first-order chi connectivity index (χ1) is 13.6. The predicted molar refractivity (Wildman–Crippen MR) is 118 cm³/mol. The first-order valence-electron chi connectivity index (χ1n) is 9.09. The third-order valence-corrected chi connectivity index (χ3v) is 3.78. The number of nitrogens with one attached hydrogen (secondary N) is 2. The van der Waals surface area contributed by atoms with Gasteiger partial charge in [0.1, 0.15) is 17.5 Å². The van der Waals surface area contributed by atoms with Gasteiger partial charge in [-0.2, -0.15) is 0 Å². The van der Waals surface area contributed by atoms with Crippen molar-refractivity contribution in [3.8, 4) is 0 Å². The van der Waals surface area contributed by atoms with Gasteiger partial charge in [0.2, 0.25) is 5.91 Å². The zero-order valence-corrected chi connectivity index (χ0v) is 16.9. The molecule has 2 aromatic heterocycles. The normalized spacial score (nSPS) is 12.3. The van der Waals surface area contributed by atoms with Crippen LogP contribution in [0.4, 0.5) is 11.6 Å². The third kappa shape index (κ3) is 5.93. The zero-order chi connectivity index (χ0) is 21.6. The Balaban J connectivity index is 2.59. The van der Waals surface area contributed by atoms with Gasteiger partial charge in [-0.25, -0.2) is 9.98 Å². The van der Waals surface area contributed by atoms with Crippen LogP contribution in [0, 0.1) is 0 Å². The highest BCUT2D eigenvalue weighted by atomic mass is 16.1. The maximum Gasteiger partial charge on any atom is 0.262 e. The van der Waals surface area contributed by atoms with E-state index in [2.05, 4.69) is 27.2 Å². The van der Waals surface area contributed by atoms with Gasteiger partial charge in [-0.1, -0.05) is 12.7 Å². The molecular weight excluding hydrogens is 370 g/mol. The first kappa shape index (κ1) is 21.7. The van der Waals surface area contributed by atoms with Gasteiger partial charge in [0.15, 0.2) is 0 Å². The number of aryl methyl sites for hydroxylation is 1. The largest absolute Gasteiger partial charge is 0.402 e. The lowest BCUT2D eigenvalue weighted by Gasteiger charge is -2.23. The molecule has 0 saturated carbocycles. The van der Waals surface area contributed by atoms with E-state index < -0.39 is 5.91 Å². The Hall–Kier alpha value is -3.62.